The molecule has 2 aliphatic carbocycles. The van der Waals surface area contributed by atoms with Crippen LogP contribution in [0, 0.1) is 12.8 Å². The lowest BCUT2D eigenvalue weighted by Crippen LogP contribution is -2.47. The minimum absolute atomic E-state index is 0.124. The third kappa shape index (κ3) is 5.88. The van der Waals surface area contributed by atoms with Gasteiger partial charge in [0.25, 0.3) is 0 Å². The zero-order valence-corrected chi connectivity index (χ0v) is 17.4. The highest BCUT2D eigenvalue weighted by atomic mass is 16.5. The summed E-state index contributed by atoms with van der Waals surface area (Å²) in [6.45, 7) is 5.44. The summed E-state index contributed by atoms with van der Waals surface area (Å²) in [6, 6.07) is 6.97. The molecule has 1 amide bonds. The zero-order chi connectivity index (χ0) is 19.9. The number of ether oxygens (including phenoxy) is 1. The van der Waals surface area contributed by atoms with E-state index in [2.05, 4.69) is 40.0 Å². The van der Waals surface area contributed by atoms with Crippen LogP contribution in [0.15, 0.2) is 23.2 Å². The maximum atomic E-state index is 12.4. The monoisotopic (exact) mass is 386 g/mol. The van der Waals surface area contributed by atoms with Gasteiger partial charge in [0.15, 0.2) is 5.96 Å². The van der Waals surface area contributed by atoms with Crippen LogP contribution in [-0.4, -0.2) is 37.6 Å². The maximum absolute atomic E-state index is 12.4. The van der Waals surface area contributed by atoms with Crippen LogP contribution in [0.2, 0.25) is 0 Å². The molecule has 154 valence electrons. The fourth-order valence-corrected chi connectivity index (χ4v) is 3.82. The van der Waals surface area contributed by atoms with Crippen molar-refractivity contribution >= 4 is 11.9 Å². The van der Waals surface area contributed by atoms with Crippen molar-refractivity contribution in [2.45, 2.75) is 71.0 Å². The molecule has 0 saturated heterocycles. The van der Waals surface area contributed by atoms with E-state index in [1.807, 2.05) is 13.0 Å². The second-order valence-corrected chi connectivity index (χ2v) is 7.95. The molecular weight excluding hydrogens is 352 g/mol. The van der Waals surface area contributed by atoms with Gasteiger partial charge in [-0.2, -0.15) is 0 Å². The Labute approximate surface area is 168 Å². The van der Waals surface area contributed by atoms with Crippen LogP contribution in [0.1, 0.15) is 56.6 Å². The minimum atomic E-state index is 0.124. The second-order valence-electron chi connectivity index (χ2n) is 7.95. The summed E-state index contributed by atoms with van der Waals surface area (Å²) in [7, 11) is 1.79. The Morgan fingerprint density at radius 1 is 1.18 bits per heavy atom. The molecule has 3 N–H and O–H groups in total. The smallest absolute Gasteiger partial charge is 0.223 e. The van der Waals surface area contributed by atoms with E-state index in [0.717, 1.165) is 55.8 Å². The van der Waals surface area contributed by atoms with Crippen molar-refractivity contribution in [1.82, 2.24) is 16.0 Å². The molecule has 1 aromatic carbocycles. The Bertz CT molecular complexity index is 700. The lowest BCUT2D eigenvalue weighted by atomic mass is 9.85. The lowest BCUT2D eigenvalue weighted by Gasteiger charge is -2.30. The Morgan fingerprint density at radius 3 is 2.68 bits per heavy atom. The lowest BCUT2D eigenvalue weighted by molar-refractivity contribution is -0.126. The van der Waals surface area contributed by atoms with Crippen molar-refractivity contribution in [1.29, 1.82) is 0 Å². The molecule has 0 aliphatic heterocycles. The largest absolute Gasteiger partial charge is 0.494 e. The second kappa shape index (κ2) is 9.80. The highest BCUT2D eigenvalue weighted by Gasteiger charge is 2.31. The van der Waals surface area contributed by atoms with Gasteiger partial charge in [-0.1, -0.05) is 18.6 Å². The average Bonchev–Trinajstić information content (AvgIpc) is 3.51. The van der Waals surface area contributed by atoms with Crippen LogP contribution < -0.4 is 20.7 Å². The maximum Gasteiger partial charge on any atom is 0.223 e. The van der Waals surface area contributed by atoms with Crippen LogP contribution in [0.5, 0.6) is 5.75 Å². The van der Waals surface area contributed by atoms with E-state index in [0.29, 0.717) is 19.2 Å². The summed E-state index contributed by atoms with van der Waals surface area (Å²) in [6.07, 6.45) is 6.31. The molecule has 2 unspecified atom stereocenters. The van der Waals surface area contributed by atoms with Crippen LogP contribution in [0.4, 0.5) is 0 Å². The molecule has 28 heavy (non-hydrogen) atoms. The van der Waals surface area contributed by atoms with E-state index in [-0.39, 0.29) is 17.9 Å². The quantitative estimate of drug-likeness (QED) is 0.498. The van der Waals surface area contributed by atoms with Gasteiger partial charge < -0.3 is 20.7 Å². The number of nitrogens with one attached hydrogen (secondary N) is 3. The number of carbonyl (C=O) groups is 1. The van der Waals surface area contributed by atoms with Gasteiger partial charge in [0.1, 0.15) is 5.75 Å². The molecule has 0 heterocycles. The first-order valence-electron chi connectivity index (χ1n) is 10.6. The summed E-state index contributed by atoms with van der Waals surface area (Å²) in [5, 5.41) is 10.1. The van der Waals surface area contributed by atoms with Crippen molar-refractivity contribution in [3.8, 4) is 5.75 Å². The van der Waals surface area contributed by atoms with Gasteiger partial charge in [-0.05, 0) is 63.1 Å². The molecule has 1 aromatic rings. The normalized spacial score (nSPS) is 22.5. The van der Waals surface area contributed by atoms with Crippen molar-refractivity contribution in [2.24, 2.45) is 10.9 Å². The Morgan fingerprint density at radius 2 is 2.00 bits per heavy atom. The Hall–Kier alpha value is -2.24. The van der Waals surface area contributed by atoms with E-state index < -0.39 is 0 Å². The molecule has 6 heteroatoms. The first-order chi connectivity index (χ1) is 13.6. The summed E-state index contributed by atoms with van der Waals surface area (Å²) in [4.78, 5) is 16.7. The number of aliphatic imine (C=N–C) groups is 1. The van der Waals surface area contributed by atoms with Crippen LogP contribution in [-0.2, 0) is 11.3 Å². The SMILES string of the molecule is CCOc1ccc(CNC(=NC)NC2CCCC(C(=O)NC3CC3)C2)cc1C. The fourth-order valence-electron chi connectivity index (χ4n) is 3.82. The molecule has 6 nitrogen and oxygen atoms in total. The number of aryl methyl sites for hydroxylation is 1. The van der Waals surface area contributed by atoms with Gasteiger partial charge in [0, 0.05) is 31.6 Å². The molecule has 3 rings (SSSR count). The van der Waals surface area contributed by atoms with Crippen LogP contribution in [0.25, 0.3) is 0 Å². The van der Waals surface area contributed by atoms with Gasteiger partial charge in [-0.25, -0.2) is 0 Å². The number of hydrogen-bond donors (Lipinski definition) is 3. The van der Waals surface area contributed by atoms with E-state index in [4.69, 9.17) is 4.74 Å². The highest BCUT2D eigenvalue weighted by Crippen LogP contribution is 2.26. The third-order valence-corrected chi connectivity index (χ3v) is 5.53. The number of amides is 1. The third-order valence-electron chi connectivity index (χ3n) is 5.53. The molecule has 0 spiro atoms. The number of rotatable bonds is 7. The van der Waals surface area contributed by atoms with E-state index in [9.17, 15) is 4.79 Å². The van der Waals surface area contributed by atoms with Gasteiger partial charge in [-0.3, -0.25) is 9.79 Å². The standard InChI is InChI=1S/C22H34N4O2/c1-4-28-20-11-8-16(12-15(20)2)14-24-22(23-3)26-19-7-5-6-17(13-19)21(27)25-18-9-10-18/h8,11-12,17-19H,4-7,9-10,13-14H2,1-3H3,(H,25,27)(H2,23,24,26). The van der Waals surface area contributed by atoms with Gasteiger partial charge in [0.2, 0.25) is 5.91 Å². The predicted octanol–water partition coefficient (Wildman–Crippen LogP) is 2.90. The van der Waals surface area contributed by atoms with Crippen molar-refractivity contribution in [3.05, 3.63) is 29.3 Å². The van der Waals surface area contributed by atoms with Crippen LogP contribution in [0.3, 0.4) is 0 Å². The summed E-state index contributed by atoms with van der Waals surface area (Å²) < 4.78 is 5.61. The number of guanidine groups is 1. The predicted molar refractivity (Wildman–Crippen MR) is 113 cm³/mol. The molecule has 2 atom stereocenters. The number of nitrogens with zero attached hydrogens (tertiary/aromatic N) is 1. The first-order valence-corrected chi connectivity index (χ1v) is 10.6. The fraction of sp³-hybridized carbons (Fsp3) is 0.636. The Kier molecular flexibility index (Phi) is 7.18. The first kappa shape index (κ1) is 20.5. The number of benzene rings is 1. The summed E-state index contributed by atoms with van der Waals surface area (Å²) in [5.74, 6) is 2.09. The molecule has 0 bridgehead atoms. The van der Waals surface area contributed by atoms with Gasteiger partial charge >= 0.3 is 0 Å². The summed E-state index contributed by atoms with van der Waals surface area (Å²) in [5.41, 5.74) is 2.33. The minimum Gasteiger partial charge on any atom is -0.494 e. The highest BCUT2D eigenvalue weighted by molar-refractivity contribution is 5.81. The molecule has 2 fully saturated rings. The van der Waals surface area contributed by atoms with E-state index in [1.165, 1.54) is 5.56 Å². The summed E-state index contributed by atoms with van der Waals surface area (Å²) >= 11 is 0. The molecule has 2 aliphatic rings. The molecule has 2 saturated carbocycles. The van der Waals surface area contributed by atoms with Gasteiger partial charge in [0.05, 0.1) is 6.61 Å². The molecule has 0 aromatic heterocycles. The number of hydrogen-bond acceptors (Lipinski definition) is 3. The Balaban J connectivity index is 1.48. The molecular formula is C22H34N4O2. The molecule has 0 radical (unpaired) electrons. The van der Waals surface area contributed by atoms with Crippen molar-refractivity contribution < 1.29 is 9.53 Å². The van der Waals surface area contributed by atoms with Crippen molar-refractivity contribution in [2.75, 3.05) is 13.7 Å². The average molecular weight is 387 g/mol. The topological polar surface area (TPSA) is 74.8 Å². The zero-order valence-electron chi connectivity index (χ0n) is 17.4. The van der Waals surface area contributed by atoms with Crippen molar-refractivity contribution in [3.63, 3.8) is 0 Å². The van der Waals surface area contributed by atoms with E-state index >= 15 is 0 Å². The van der Waals surface area contributed by atoms with Gasteiger partial charge in [-0.15, -0.1) is 0 Å². The van der Waals surface area contributed by atoms with E-state index in [1.54, 1.807) is 7.05 Å². The number of carbonyl (C=O) groups excluding carboxylic acids is 1. The van der Waals surface area contributed by atoms with Crippen LogP contribution >= 0.6 is 0 Å².